The lowest BCUT2D eigenvalue weighted by molar-refractivity contribution is -0.392. The van der Waals surface area contributed by atoms with E-state index in [2.05, 4.69) is 15.4 Å². The molecule has 3 aromatic rings. The molecule has 6 rings (SSSR count). The fourth-order valence-corrected chi connectivity index (χ4v) is 9.23. The largest absolute Gasteiger partial charge is 0.430 e. The van der Waals surface area contributed by atoms with Gasteiger partial charge in [-0.3, -0.25) is 10.1 Å². The second kappa shape index (κ2) is 13.5. The Kier molecular flexibility index (Phi) is 9.69. The number of amides is 5. The number of hydrogen-bond donors (Lipinski definition) is 2. The van der Waals surface area contributed by atoms with Gasteiger partial charge in [-0.05, 0) is 61.2 Å². The third kappa shape index (κ3) is 6.31. The predicted molar refractivity (Wildman–Crippen MR) is 168 cm³/mol. The molecule has 3 aromatic carbocycles. The maximum atomic E-state index is 14.6. The number of nitrogens with zero attached hydrogens (tertiary/aromatic N) is 2. The molecule has 3 aliphatic heterocycles. The minimum atomic E-state index is -6.27. The van der Waals surface area contributed by atoms with Crippen LogP contribution >= 0.6 is 0 Å². The number of imide groups is 1. The predicted octanol–water partition coefficient (Wildman–Crippen LogP) is 5.81. The number of alkyl halides is 6. The van der Waals surface area contributed by atoms with Gasteiger partial charge in [0.15, 0.2) is 9.84 Å². The summed E-state index contributed by atoms with van der Waals surface area (Å²) in [6.07, 6.45) is -12.9. The molecule has 0 aliphatic carbocycles. The normalized spacial score (nSPS) is 20.7. The van der Waals surface area contributed by atoms with Crippen LogP contribution in [0.2, 0.25) is 0 Å². The number of carbonyl (C=O) groups excluding carboxylic acids is 3. The molecule has 20 heteroatoms. The van der Waals surface area contributed by atoms with Crippen LogP contribution in [-0.4, -0.2) is 80.3 Å². The van der Waals surface area contributed by atoms with Crippen molar-refractivity contribution in [3.8, 4) is 0 Å². The summed E-state index contributed by atoms with van der Waals surface area (Å²) in [5.41, 5.74) is -9.51. The molecule has 0 saturated carbocycles. The van der Waals surface area contributed by atoms with Crippen molar-refractivity contribution in [1.29, 1.82) is 0 Å². The molecule has 1 spiro atoms. The van der Waals surface area contributed by atoms with Gasteiger partial charge in [0, 0.05) is 37.3 Å². The first-order chi connectivity index (χ1) is 25.2. The zero-order chi connectivity index (χ0) is 39.5. The molecule has 5 amide bonds. The van der Waals surface area contributed by atoms with Crippen LogP contribution in [0.15, 0.2) is 71.6 Å². The molecule has 3 heterocycles. The van der Waals surface area contributed by atoms with E-state index in [0.717, 1.165) is 35.2 Å². The third-order valence-electron chi connectivity index (χ3n) is 10.2. The van der Waals surface area contributed by atoms with Crippen LogP contribution in [-0.2, 0) is 36.3 Å². The van der Waals surface area contributed by atoms with Crippen molar-refractivity contribution in [3.63, 3.8) is 0 Å². The van der Waals surface area contributed by atoms with Crippen molar-refractivity contribution in [2.24, 2.45) is 0 Å². The number of hydrogen-bond acceptors (Lipinski definition) is 6. The summed E-state index contributed by atoms with van der Waals surface area (Å²) < 4.78 is 161. The molecule has 1 atom stereocenters. The number of likely N-dealkylation sites (tertiary alicyclic amines) is 2. The van der Waals surface area contributed by atoms with E-state index in [1.165, 1.54) is 4.90 Å². The minimum Gasteiger partial charge on any atom is -0.349 e. The number of halogens is 9. The monoisotopic (exact) mass is 792 g/mol. The van der Waals surface area contributed by atoms with Crippen LogP contribution in [0.5, 0.6) is 0 Å². The number of carbonyl (C=O) groups is 3. The number of sulfone groups is 1. The third-order valence-corrected chi connectivity index (χ3v) is 12.6. The van der Waals surface area contributed by atoms with E-state index in [-0.39, 0.29) is 38.0 Å². The summed E-state index contributed by atoms with van der Waals surface area (Å²) in [6, 6.07) is 6.28. The van der Waals surface area contributed by atoms with Gasteiger partial charge in [0.2, 0.25) is 0 Å². The van der Waals surface area contributed by atoms with Crippen LogP contribution in [0, 0.1) is 17.5 Å². The van der Waals surface area contributed by atoms with E-state index in [1.54, 1.807) is 0 Å². The average molecular weight is 793 g/mol. The van der Waals surface area contributed by atoms with Gasteiger partial charge in [-0.1, -0.05) is 30.3 Å². The standard InChI is InChI=1S/C34H29F9N4O6S/c35-22-8-10-23(11-9-22)54(51,52)31(14-17-47(19-31)29(50)46-15-12-30(13-16-46)27(48)44-28(49)45-30)20-4-6-21(7-5-20)32(33(38,39)40,34(41,42)43)53-18-24-25(36)2-1-3-26(24)37/h1-11H,12-19H2,(H2,44,45,48,49)/t31-/m0/s1. The lowest BCUT2D eigenvalue weighted by Gasteiger charge is -2.39. The smallest absolute Gasteiger partial charge is 0.349 e. The fourth-order valence-electron chi connectivity index (χ4n) is 7.15. The van der Waals surface area contributed by atoms with E-state index in [9.17, 15) is 62.3 Å². The van der Waals surface area contributed by atoms with Gasteiger partial charge in [0.1, 0.15) is 27.7 Å². The van der Waals surface area contributed by atoms with Gasteiger partial charge in [0.05, 0.1) is 11.5 Å². The van der Waals surface area contributed by atoms with E-state index in [1.807, 2.05) is 0 Å². The zero-order valence-corrected chi connectivity index (χ0v) is 28.5. The first-order valence-corrected chi connectivity index (χ1v) is 17.6. The molecule has 3 saturated heterocycles. The van der Waals surface area contributed by atoms with E-state index in [4.69, 9.17) is 0 Å². The molecule has 54 heavy (non-hydrogen) atoms. The number of benzene rings is 3. The highest BCUT2D eigenvalue weighted by Gasteiger charge is 2.73. The molecule has 2 N–H and O–H groups in total. The number of ether oxygens (including phenoxy) is 1. The molecular formula is C34H29F9N4O6S. The molecule has 0 radical (unpaired) electrons. The Morgan fingerprint density at radius 2 is 1.33 bits per heavy atom. The number of nitrogens with one attached hydrogen (secondary N) is 2. The topological polar surface area (TPSA) is 125 Å². The maximum Gasteiger partial charge on any atom is 0.430 e. The van der Waals surface area contributed by atoms with Gasteiger partial charge >= 0.3 is 24.4 Å². The second-order valence-electron chi connectivity index (χ2n) is 13.1. The number of urea groups is 2. The molecule has 10 nitrogen and oxygen atoms in total. The number of piperidine rings is 1. The van der Waals surface area contributed by atoms with Gasteiger partial charge in [-0.15, -0.1) is 0 Å². The Morgan fingerprint density at radius 1 is 0.778 bits per heavy atom. The minimum absolute atomic E-state index is 0.0242. The van der Waals surface area contributed by atoms with Crippen LogP contribution in [0.1, 0.15) is 36.0 Å². The van der Waals surface area contributed by atoms with E-state index in [0.29, 0.717) is 36.4 Å². The number of rotatable bonds is 7. The van der Waals surface area contributed by atoms with Crippen LogP contribution < -0.4 is 10.6 Å². The molecule has 290 valence electrons. The maximum absolute atomic E-state index is 14.6. The highest BCUT2D eigenvalue weighted by molar-refractivity contribution is 7.92. The SMILES string of the molecule is O=C1NC(=O)C2(CCN(C(=O)N3CC[C@](c4ccc(C(OCc5c(F)cccc5F)(C(F)(F)F)C(F)(F)F)cc4)(S(=O)(=O)c4ccc(F)cc4)C3)CC2)N1. The van der Waals surface area contributed by atoms with Gasteiger partial charge in [-0.2, -0.15) is 26.3 Å². The van der Waals surface area contributed by atoms with E-state index >= 15 is 0 Å². The van der Waals surface area contributed by atoms with Crippen molar-refractivity contribution in [1.82, 2.24) is 20.4 Å². The first-order valence-electron chi connectivity index (χ1n) is 16.2. The fraction of sp³-hybridized carbons (Fsp3) is 0.382. The molecular weight excluding hydrogens is 763 g/mol. The summed E-state index contributed by atoms with van der Waals surface area (Å²) in [5, 5.41) is 4.67. The van der Waals surface area contributed by atoms with Crippen molar-refractivity contribution in [3.05, 3.63) is 101 Å². The van der Waals surface area contributed by atoms with Crippen molar-refractivity contribution in [2.45, 2.75) is 59.0 Å². The summed E-state index contributed by atoms with van der Waals surface area (Å²) in [4.78, 5) is 39.8. The van der Waals surface area contributed by atoms with E-state index < -0.39 is 109 Å². The highest BCUT2D eigenvalue weighted by Crippen LogP contribution is 2.54. The molecule has 0 unspecified atom stereocenters. The lowest BCUT2D eigenvalue weighted by Crippen LogP contribution is -2.57. The highest BCUT2D eigenvalue weighted by atomic mass is 32.2. The van der Waals surface area contributed by atoms with Crippen LogP contribution in [0.4, 0.5) is 49.1 Å². The quantitative estimate of drug-likeness (QED) is 0.177. The Morgan fingerprint density at radius 3 is 1.85 bits per heavy atom. The Labute approximate surface area is 301 Å². The van der Waals surface area contributed by atoms with Crippen molar-refractivity contribution in [2.75, 3.05) is 26.2 Å². The summed E-state index contributed by atoms with van der Waals surface area (Å²) in [5.74, 6) is -4.30. The van der Waals surface area contributed by atoms with Crippen LogP contribution in [0.3, 0.4) is 0 Å². The Bertz CT molecular complexity index is 2040. The Hall–Kier alpha value is -4.85. The first kappa shape index (κ1) is 38.9. The Balaban J connectivity index is 1.37. The van der Waals surface area contributed by atoms with Gasteiger partial charge in [-0.25, -0.2) is 31.2 Å². The zero-order valence-electron chi connectivity index (χ0n) is 27.7. The van der Waals surface area contributed by atoms with Crippen LogP contribution in [0.25, 0.3) is 0 Å². The average Bonchev–Trinajstić information content (AvgIpc) is 3.67. The molecule has 3 aliphatic rings. The lowest BCUT2D eigenvalue weighted by atomic mass is 9.88. The molecule has 0 bridgehead atoms. The van der Waals surface area contributed by atoms with Crippen molar-refractivity contribution >= 4 is 27.8 Å². The molecule has 0 aromatic heterocycles. The summed E-state index contributed by atoms with van der Waals surface area (Å²) in [6.45, 7) is -2.77. The summed E-state index contributed by atoms with van der Waals surface area (Å²) in [7, 11) is -4.70. The molecule has 3 fully saturated rings. The van der Waals surface area contributed by atoms with Gasteiger partial charge < -0.3 is 19.9 Å². The summed E-state index contributed by atoms with van der Waals surface area (Å²) >= 11 is 0. The van der Waals surface area contributed by atoms with Crippen molar-refractivity contribution < 1.29 is 67.1 Å². The second-order valence-corrected chi connectivity index (χ2v) is 15.4. The van der Waals surface area contributed by atoms with Gasteiger partial charge in [0.25, 0.3) is 11.5 Å².